The predicted octanol–water partition coefficient (Wildman–Crippen LogP) is 2.83. The molecule has 0 spiro atoms. The van der Waals surface area contributed by atoms with Gasteiger partial charge in [0.2, 0.25) is 0 Å². The maximum atomic E-state index is 5.93. The van der Waals surface area contributed by atoms with Gasteiger partial charge >= 0.3 is 0 Å². The van der Waals surface area contributed by atoms with Crippen molar-refractivity contribution >= 4 is 38.6 Å². The fraction of sp³-hybridized carbons (Fsp3) is 0.273. The van der Waals surface area contributed by atoms with Crippen molar-refractivity contribution in [1.29, 1.82) is 0 Å². The molecule has 17 heavy (non-hydrogen) atoms. The van der Waals surface area contributed by atoms with Gasteiger partial charge in [-0.1, -0.05) is 0 Å². The fourth-order valence-electron chi connectivity index (χ4n) is 1.65. The summed E-state index contributed by atoms with van der Waals surface area (Å²) in [6.07, 6.45) is 3.40. The largest absolute Gasteiger partial charge is 0.396 e. The third-order valence-corrected chi connectivity index (χ3v) is 3.75. The van der Waals surface area contributed by atoms with Crippen LogP contribution < -0.4 is 10.6 Å². The maximum Gasteiger partial charge on any atom is 0.0898 e. The Bertz CT molecular complexity index is 506. The molecule has 0 fully saturated rings. The van der Waals surface area contributed by atoms with Gasteiger partial charge < -0.3 is 10.6 Å². The van der Waals surface area contributed by atoms with Crippen molar-refractivity contribution in [3.63, 3.8) is 0 Å². The second-order valence-electron chi connectivity index (χ2n) is 3.77. The third-order valence-electron chi connectivity index (χ3n) is 2.35. The average molecular weight is 313 g/mol. The van der Waals surface area contributed by atoms with E-state index in [4.69, 9.17) is 5.73 Å². The molecule has 2 aromatic heterocycles. The Labute approximate surface area is 113 Å². The molecule has 2 rings (SSSR count). The van der Waals surface area contributed by atoms with Crippen molar-refractivity contribution < 1.29 is 0 Å². The van der Waals surface area contributed by atoms with Crippen LogP contribution >= 0.6 is 27.3 Å². The molecule has 2 heterocycles. The van der Waals surface area contributed by atoms with Gasteiger partial charge in [-0.2, -0.15) is 0 Å². The van der Waals surface area contributed by atoms with Crippen LogP contribution in [0.1, 0.15) is 10.7 Å². The van der Waals surface area contributed by atoms with E-state index in [1.54, 1.807) is 23.7 Å². The number of thiazole rings is 1. The molecule has 0 unspecified atom stereocenters. The standard InChI is InChI=1S/C11H13BrN4S/c1-7-15-8(6-17-7)5-16(2)11-9(12)3-14-4-10(11)13/h3-4,6H,5,13H2,1-2H3. The predicted molar refractivity (Wildman–Crippen MR) is 75.3 cm³/mol. The summed E-state index contributed by atoms with van der Waals surface area (Å²) in [6.45, 7) is 2.74. The normalized spacial score (nSPS) is 10.5. The Morgan fingerprint density at radius 1 is 1.47 bits per heavy atom. The van der Waals surface area contributed by atoms with Crippen LogP contribution in [0.4, 0.5) is 11.4 Å². The molecule has 6 heteroatoms. The van der Waals surface area contributed by atoms with Crippen LogP contribution in [0.5, 0.6) is 0 Å². The molecule has 0 atom stereocenters. The number of anilines is 2. The molecular formula is C11H13BrN4S. The summed E-state index contributed by atoms with van der Waals surface area (Å²) in [5.41, 5.74) is 8.59. The lowest BCUT2D eigenvalue weighted by atomic mass is 10.3. The molecule has 0 aliphatic carbocycles. The minimum atomic E-state index is 0.661. The molecule has 0 saturated heterocycles. The molecule has 0 amide bonds. The Balaban J connectivity index is 2.22. The molecule has 2 aromatic rings. The summed E-state index contributed by atoms with van der Waals surface area (Å²) in [5, 5.41) is 3.15. The van der Waals surface area contributed by atoms with E-state index in [-0.39, 0.29) is 0 Å². The van der Waals surface area contributed by atoms with Crippen LogP contribution in [-0.4, -0.2) is 17.0 Å². The zero-order chi connectivity index (χ0) is 12.4. The maximum absolute atomic E-state index is 5.93. The number of nitrogens with two attached hydrogens (primary N) is 1. The molecule has 0 bridgehead atoms. The van der Waals surface area contributed by atoms with Crippen LogP contribution in [0.15, 0.2) is 22.2 Å². The van der Waals surface area contributed by atoms with Crippen molar-refractivity contribution in [2.45, 2.75) is 13.5 Å². The van der Waals surface area contributed by atoms with Crippen molar-refractivity contribution in [3.8, 4) is 0 Å². The van der Waals surface area contributed by atoms with Crippen molar-refractivity contribution in [2.24, 2.45) is 0 Å². The molecule has 0 aliphatic rings. The lowest BCUT2D eigenvalue weighted by Crippen LogP contribution is -2.18. The number of pyridine rings is 1. The molecule has 4 nitrogen and oxygen atoms in total. The first-order chi connectivity index (χ1) is 8.08. The number of nitrogen functional groups attached to an aromatic ring is 1. The van der Waals surface area contributed by atoms with Gasteiger partial charge in [0.25, 0.3) is 0 Å². The van der Waals surface area contributed by atoms with Gasteiger partial charge in [-0.05, 0) is 22.9 Å². The van der Waals surface area contributed by atoms with E-state index < -0.39 is 0 Å². The van der Waals surface area contributed by atoms with Gasteiger partial charge in [-0.3, -0.25) is 4.98 Å². The fourth-order valence-corrected chi connectivity index (χ4v) is 2.90. The summed E-state index contributed by atoms with van der Waals surface area (Å²) in [4.78, 5) is 10.5. The zero-order valence-corrected chi connectivity index (χ0v) is 12.0. The van der Waals surface area contributed by atoms with Gasteiger partial charge in [0.05, 0.1) is 39.3 Å². The van der Waals surface area contributed by atoms with Crippen molar-refractivity contribution in [2.75, 3.05) is 17.7 Å². The highest BCUT2D eigenvalue weighted by molar-refractivity contribution is 9.10. The molecule has 0 aliphatic heterocycles. The first-order valence-electron chi connectivity index (χ1n) is 5.09. The topological polar surface area (TPSA) is 55.0 Å². The van der Waals surface area contributed by atoms with E-state index in [9.17, 15) is 0 Å². The van der Waals surface area contributed by atoms with Gasteiger partial charge in [-0.25, -0.2) is 4.98 Å². The number of hydrogen-bond donors (Lipinski definition) is 1. The highest BCUT2D eigenvalue weighted by atomic mass is 79.9. The van der Waals surface area contributed by atoms with Crippen molar-refractivity contribution in [3.05, 3.63) is 32.9 Å². The monoisotopic (exact) mass is 312 g/mol. The van der Waals surface area contributed by atoms with Crippen LogP contribution in [0.2, 0.25) is 0 Å². The number of aryl methyl sites for hydroxylation is 1. The Kier molecular flexibility index (Phi) is 3.63. The van der Waals surface area contributed by atoms with Crippen LogP contribution in [0.3, 0.4) is 0 Å². The minimum absolute atomic E-state index is 0.661. The van der Waals surface area contributed by atoms with E-state index in [2.05, 4.69) is 36.2 Å². The minimum Gasteiger partial charge on any atom is -0.396 e. The number of halogens is 1. The van der Waals surface area contributed by atoms with Crippen LogP contribution in [0, 0.1) is 6.92 Å². The summed E-state index contributed by atoms with van der Waals surface area (Å²) in [7, 11) is 1.99. The lowest BCUT2D eigenvalue weighted by Gasteiger charge is -2.21. The van der Waals surface area contributed by atoms with E-state index in [0.29, 0.717) is 5.69 Å². The number of nitrogens with zero attached hydrogens (tertiary/aromatic N) is 3. The molecule has 0 saturated carbocycles. The molecule has 0 radical (unpaired) electrons. The highest BCUT2D eigenvalue weighted by Crippen LogP contribution is 2.31. The number of hydrogen-bond acceptors (Lipinski definition) is 5. The Hall–Kier alpha value is -1.14. The third kappa shape index (κ3) is 2.76. The quantitative estimate of drug-likeness (QED) is 0.947. The van der Waals surface area contributed by atoms with E-state index in [0.717, 1.165) is 27.4 Å². The van der Waals surface area contributed by atoms with Gasteiger partial charge in [0.15, 0.2) is 0 Å². The Morgan fingerprint density at radius 3 is 2.82 bits per heavy atom. The number of rotatable bonds is 3. The number of aromatic nitrogens is 2. The lowest BCUT2D eigenvalue weighted by molar-refractivity contribution is 0.887. The van der Waals surface area contributed by atoms with Crippen molar-refractivity contribution in [1.82, 2.24) is 9.97 Å². The highest BCUT2D eigenvalue weighted by Gasteiger charge is 2.11. The first-order valence-corrected chi connectivity index (χ1v) is 6.76. The molecule has 2 N–H and O–H groups in total. The zero-order valence-electron chi connectivity index (χ0n) is 9.64. The van der Waals surface area contributed by atoms with Gasteiger partial charge in [0.1, 0.15) is 0 Å². The summed E-state index contributed by atoms with van der Waals surface area (Å²) >= 11 is 5.12. The summed E-state index contributed by atoms with van der Waals surface area (Å²) in [5.74, 6) is 0. The SMILES string of the molecule is Cc1nc(CN(C)c2c(N)cncc2Br)cs1. The van der Waals surface area contributed by atoms with Gasteiger partial charge in [-0.15, -0.1) is 11.3 Å². The molecule has 90 valence electrons. The smallest absolute Gasteiger partial charge is 0.0898 e. The van der Waals surface area contributed by atoms with E-state index in [1.807, 2.05) is 14.0 Å². The molecule has 0 aromatic carbocycles. The van der Waals surface area contributed by atoms with Crippen LogP contribution in [0.25, 0.3) is 0 Å². The van der Waals surface area contributed by atoms with E-state index in [1.165, 1.54) is 0 Å². The summed E-state index contributed by atoms with van der Waals surface area (Å²) < 4.78 is 0.895. The average Bonchev–Trinajstić information content (AvgIpc) is 2.63. The molecular weight excluding hydrogens is 300 g/mol. The second kappa shape index (κ2) is 5.01. The first kappa shape index (κ1) is 12.3. The Morgan fingerprint density at radius 2 is 2.24 bits per heavy atom. The second-order valence-corrected chi connectivity index (χ2v) is 5.69. The van der Waals surface area contributed by atoms with E-state index >= 15 is 0 Å². The van der Waals surface area contributed by atoms with Crippen LogP contribution in [-0.2, 0) is 6.54 Å². The summed E-state index contributed by atoms with van der Waals surface area (Å²) in [6, 6.07) is 0. The van der Waals surface area contributed by atoms with Gasteiger partial charge in [0, 0.05) is 18.6 Å².